The number of methoxy groups -OCH3 is 1. The van der Waals surface area contributed by atoms with Crippen LogP contribution in [0, 0.1) is 6.92 Å². The number of anilines is 1. The number of ether oxygens (including phenoxy) is 2. The van der Waals surface area contributed by atoms with Crippen molar-refractivity contribution in [1.29, 1.82) is 0 Å². The molecule has 27 heavy (non-hydrogen) atoms. The zero-order valence-electron chi connectivity index (χ0n) is 15.1. The van der Waals surface area contributed by atoms with Crippen LogP contribution in [0.25, 0.3) is 0 Å². The normalized spacial score (nSPS) is 17.5. The number of sulfonamides is 1. The van der Waals surface area contributed by atoms with E-state index in [1.807, 2.05) is 19.1 Å². The van der Waals surface area contributed by atoms with Gasteiger partial charge in [0.05, 0.1) is 18.6 Å². The summed E-state index contributed by atoms with van der Waals surface area (Å²) in [6.07, 6.45) is -0.263. The quantitative estimate of drug-likeness (QED) is 0.841. The number of pyridine rings is 1. The number of aromatic nitrogens is 1. The summed E-state index contributed by atoms with van der Waals surface area (Å²) in [5.41, 5.74) is 1.30. The van der Waals surface area contributed by atoms with Crippen LogP contribution in [-0.2, 0) is 14.8 Å². The highest BCUT2D eigenvalue weighted by molar-refractivity contribution is 7.89. The lowest BCUT2D eigenvalue weighted by molar-refractivity contribution is 0.187. The lowest BCUT2D eigenvalue weighted by Gasteiger charge is -2.17. The van der Waals surface area contributed by atoms with Crippen LogP contribution in [0.3, 0.4) is 0 Å². The van der Waals surface area contributed by atoms with Crippen LogP contribution in [-0.4, -0.2) is 50.1 Å². The van der Waals surface area contributed by atoms with Gasteiger partial charge in [0, 0.05) is 24.0 Å². The van der Waals surface area contributed by atoms with Crippen LogP contribution in [0.4, 0.5) is 10.5 Å². The summed E-state index contributed by atoms with van der Waals surface area (Å²) in [5, 5.41) is 2.48. The van der Waals surface area contributed by atoms with Gasteiger partial charge < -0.3 is 9.47 Å². The van der Waals surface area contributed by atoms with E-state index in [4.69, 9.17) is 4.74 Å². The van der Waals surface area contributed by atoms with E-state index in [-0.39, 0.29) is 17.5 Å². The molecule has 0 radical (unpaired) electrons. The van der Waals surface area contributed by atoms with Gasteiger partial charge in [-0.05, 0) is 43.7 Å². The first-order valence-electron chi connectivity index (χ1n) is 8.44. The summed E-state index contributed by atoms with van der Waals surface area (Å²) >= 11 is 0. The molecule has 9 heteroatoms. The molecule has 0 saturated carbocycles. The van der Waals surface area contributed by atoms with Crippen molar-refractivity contribution in [2.45, 2.75) is 24.3 Å². The molecule has 1 atom stereocenters. The number of hydrogen-bond donors (Lipinski definition) is 1. The van der Waals surface area contributed by atoms with Crippen molar-refractivity contribution in [1.82, 2.24) is 9.29 Å². The highest BCUT2D eigenvalue weighted by Crippen LogP contribution is 2.24. The predicted molar refractivity (Wildman–Crippen MR) is 99.2 cm³/mol. The number of benzene rings is 1. The number of carbonyl (C=O) groups excluding carboxylic acids is 1. The second-order valence-electron chi connectivity index (χ2n) is 6.15. The molecule has 0 spiro atoms. The molecule has 1 aromatic carbocycles. The van der Waals surface area contributed by atoms with Gasteiger partial charge in [0.2, 0.25) is 15.9 Å². The van der Waals surface area contributed by atoms with Gasteiger partial charge in [0.1, 0.15) is 6.10 Å². The maximum absolute atomic E-state index is 12.8. The highest BCUT2D eigenvalue weighted by Gasteiger charge is 2.33. The summed E-state index contributed by atoms with van der Waals surface area (Å²) in [6.45, 7) is 2.51. The third-order valence-electron chi connectivity index (χ3n) is 4.18. The van der Waals surface area contributed by atoms with E-state index in [2.05, 4.69) is 15.0 Å². The molecule has 1 aromatic heterocycles. The Bertz CT molecular complexity index is 915. The first-order valence-corrected chi connectivity index (χ1v) is 9.88. The molecule has 1 unspecified atom stereocenters. The summed E-state index contributed by atoms with van der Waals surface area (Å²) in [7, 11) is -2.38. The van der Waals surface area contributed by atoms with Gasteiger partial charge in [-0.15, -0.1) is 0 Å². The summed E-state index contributed by atoms with van der Waals surface area (Å²) in [4.78, 5) is 15.6. The van der Waals surface area contributed by atoms with Crippen LogP contribution < -0.4 is 10.1 Å². The Hall–Kier alpha value is -2.65. The Labute approximate surface area is 158 Å². The van der Waals surface area contributed by atoms with Crippen molar-refractivity contribution in [3.8, 4) is 5.88 Å². The topological polar surface area (TPSA) is 97.8 Å². The van der Waals surface area contributed by atoms with E-state index in [0.29, 0.717) is 24.5 Å². The van der Waals surface area contributed by atoms with Gasteiger partial charge in [-0.3, -0.25) is 5.32 Å². The third kappa shape index (κ3) is 4.55. The summed E-state index contributed by atoms with van der Waals surface area (Å²) in [6, 6.07) is 11.4. The largest absolute Gasteiger partial charge is 0.473 e. The number of rotatable bonds is 5. The fourth-order valence-electron chi connectivity index (χ4n) is 2.79. The van der Waals surface area contributed by atoms with Gasteiger partial charge in [0.25, 0.3) is 0 Å². The van der Waals surface area contributed by atoms with E-state index >= 15 is 0 Å². The third-order valence-corrected chi connectivity index (χ3v) is 6.06. The van der Waals surface area contributed by atoms with E-state index in [1.165, 1.54) is 35.7 Å². The molecule has 144 valence electrons. The van der Waals surface area contributed by atoms with Crippen LogP contribution in [0.15, 0.2) is 47.4 Å². The summed E-state index contributed by atoms with van der Waals surface area (Å²) < 4.78 is 37.4. The van der Waals surface area contributed by atoms with Gasteiger partial charge in [0.15, 0.2) is 0 Å². The SMILES string of the molecule is COC(=O)Nc1ccc(S(=O)(=O)N2CCC(Oc3cccc(C)n3)C2)cc1. The molecule has 1 aliphatic heterocycles. The minimum absolute atomic E-state index is 0.159. The number of amides is 1. The van der Waals surface area contributed by atoms with Crippen molar-refractivity contribution in [2.75, 3.05) is 25.5 Å². The van der Waals surface area contributed by atoms with Crippen molar-refractivity contribution >= 4 is 21.8 Å². The van der Waals surface area contributed by atoms with Crippen molar-refractivity contribution < 1.29 is 22.7 Å². The molecule has 3 rings (SSSR count). The second kappa shape index (κ2) is 7.93. The number of nitrogens with zero attached hydrogens (tertiary/aromatic N) is 2. The lowest BCUT2D eigenvalue weighted by Crippen LogP contribution is -2.31. The Morgan fingerprint density at radius 3 is 2.63 bits per heavy atom. The fraction of sp³-hybridized carbons (Fsp3) is 0.333. The number of carbonyl (C=O) groups is 1. The first-order chi connectivity index (χ1) is 12.9. The minimum Gasteiger partial charge on any atom is -0.473 e. The molecule has 1 N–H and O–H groups in total. The lowest BCUT2D eigenvalue weighted by atomic mass is 10.3. The second-order valence-corrected chi connectivity index (χ2v) is 8.09. The molecule has 1 aliphatic rings. The average molecular weight is 391 g/mol. The maximum Gasteiger partial charge on any atom is 0.411 e. The van der Waals surface area contributed by atoms with Crippen LogP contribution in [0.5, 0.6) is 5.88 Å². The van der Waals surface area contributed by atoms with E-state index in [9.17, 15) is 13.2 Å². The summed E-state index contributed by atoms with van der Waals surface area (Å²) in [5.74, 6) is 0.498. The molecule has 0 aliphatic carbocycles. The number of hydrogen-bond acceptors (Lipinski definition) is 6. The Morgan fingerprint density at radius 1 is 1.22 bits per heavy atom. The van der Waals surface area contributed by atoms with Crippen molar-refractivity contribution in [3.63, 3.8) is 0 Å². The van der Waals surface area contributed by atoms with Gasteiger partial charge in [-0.2, -0.15) is 4.31 Å². The molecule has 1 fully saturated rings. The van der Waals surface area contributed by atoms with Crippen LogP contribution in [0.2, 0.25) is 0 Å². The fourth-order valence-corrected chi connectivity index (χ4v) is 4.28. The van der Waals surface area contributed by atoms with E-state index in [1.54, 1.807) is 6.07 Å². The Balaban J connectivity index is 1.66. The Morgan fingerprint density at radius 2 is 1.96 bits per heavy atom. The molecule has 8 nitrogen and oxygen atoms in total. The minimum atomic E-state index is -3.63. The average Bonchev–Trinajstić information content (AvgIpc) is 3.11. The highest BCUT2D eigenvalue weighted by atomic mass is 32.2. The van der Waals surface area contributed by atoms with Gasteiger partial charge in [-0.1, -0.05) is 6.07 Å². The van der Waals surface area contributed by atoms with Crippen molar-refractivity contribution in [2.24, 2.45) is 0 Å². The predicted octanol–water partition coefficient (Wildman–Crippen LogP) is 2.41. The number of aryl methyl sites for hydroxylation is 1. The standard InChI is InChI=1S/C18H21N3O5S/c1-13-4-3-5-17(19-13)26-15-10-11-21(12-15)27(23,24)16-8-6-14(7-9-16)20-18(22)25-2/h3-9,15H,10-12H2,1-2H3,(H,20,22). The monoisotopic (exact) mass is 391 g/mol. The molecule has 1 amide bonds. The van der Waals surface area contributed by atoms with Gasteiger partial charge in [-0.25, -0.2) is 18.2 Å². The Kier molecular flexibility index (Phi) is 5.62. The molecular weight excluding hydrogens is 370 g/mol. The zero-order valence-corrected chi connectivity index (χ0v) is 15.9. The molecular formula is C18H21N3O5S. The van der Waals surface area contributed by atoms with Crippen LogP contribution in [0.1, 0.15) is 12.1 Å². The first kappa shape index (κ1) is 19.1. The molecule has 1 saturated heterocycles. The molecule has 0 bridgehead atoms. The van der Waals surface area contributed by atoms with E-state index in [0.717, 1.165) is 5.69 Å². The van der Waals surface area contributed by atoms with Crippen LogP contribution >= 0.6 is 0 Å². The van der Waals surface area contributed by atoms with E-state index < -0.39 is 16.1 Å². The van der Waals surface area contributed by atoms with Crippen molar-refractivity contribution in [3.05, 3.63) is 48.2 Å². The zero-order chi connectivity index (χ0) is 19.4. The van der Waals surface area contributed by atoms with Gasteiger partial charge >= 0.3 is 6.09 Å². The maximum atomic E-state index is 12.8. The molecule has 2 heterocycles. The smallest absolute Gasteiger partial charge is 0.411 e. The number of nitrogens with one attached hydrogen (secondary N) is 1. The molecule has 2 aromatic rings.